The lowest BCUT2D eigenvalue weighted by atomic mass is 9.98. The maximum atomic E-state index is 14.8. The molecule has 4 N–H and O–H groups in total. The van der Waals surface area contributed by atoms with Gasteiger partial charge in [0.15, 0.2) is 0 Å². The highest BCUT2D eigenvalue weighted by Gasteiger charge is 2.37. The fraction of sp³-hybridized carbons (Fsp3) is 0.185. The van der Waals surface area contributed by atoms with Crippen molar-refractivity contribution in [3.8, 4) is 0 Å². The molecule has 2 aromatic carbocycles. The number of carboxylic acids is 1. The second-order valence-corrected chi connectivity index (χ2v) is 8.80. The summed E-state index contributed by atoms with van der Waals surface area (Å²) >= 11 is 6.09. The van der Waals surface area contributed by atoms with Crippen LogP contribution in [0.4, 0.5) is 33.7 Å². The van der Waals surface area contributed by atoms with Crippen molar-refractivity contribution in [2.24, 2.45) is 0 Å². The number of nitrogens with one attached hydrogen (secondary N) is 3. The zero-order chi connectivity index (χ0) is 29.8. The lowest BCUT2D eigenvalue weighted by molar-refractivity contribution is -0.114. The lowest BCUT2D eigenvalue weighted by Crippen LogP contribution is -2.28. The van der Waals surface area contributed by atoms with Crippen LogP contribution >= 0.6 is 11.6 Å². The first kappa shape index (κ1) is 30.1. The Morgan fingerprint density at radius 1 is 1.23 bits per heavy atom. The number of nitrogens with zero attached hydrogens (tertiary/aromatic N) is 1. The summed E-state index contributed by atoms with van der Waals surface area (Å²) in [6.45, 7) is 5.33. The fourth-order valence-corrected chi connectivity index (χ4v) is 4.26. The summed E-state index contributed by atoms with van der Waals surface area (Å²) in [6.07, 6.45) is -3.12. The molecule has 0 bridgehead atoms. The number of allylic oxidation sites excluding steroid dienone is 3. The van der Waals surface area contributed by atoms with E-state index in [0.29, 0.717) is 18.7 Å². The first-order chi connectivity index (χ1) is 18.8. The van der Waals surface area contributed by atoms with E-state index in [1.807, 2.05) is 0 Å². The number of benzene rings is 2. The maximum absolute atomic E-state index is 14.8. The topological polar surface area (TPSA) is 123 Å². The van der Waals surface area contributed by atoms with Crippen LogP contribution in [-0.4, -0.2) is 48.0 Å². The molecular weight excluding hydrogens is 556 g/mol. The van der Waals surface area contributed by atoms with Gasteiger partial charge in [0.2, 0.25) is 0 Å². The van der Waals surface area contributed by atoms with Gasteiger partial charge in [0.1, 0.15) is 5.82 Å². The van der Waals surface area contributed by atoms with Crippen molar-refractivity contribution in [1.82, 2.24) is 5.32 Å². The van der Waals surface area contributed by atoms with Crippen molar-refractivity contribution in [2.75, 3.05) is 23.3 Å². The molecule has 1 aliphatic heterocycles. The van der Waals surface area contributed by atoms with Crippen molar-refractivity contribution in [1.29, 1.82) is 5.41 Å². The summed E-state index contributed by atoms with van der Waals surface area (Å²) in [5, 5.41) is 22.1. The Bertz CT molecular complexity index is 1470. The van der Waals surface area contributed by atoms with E-state index in [-0.39, 0.29) is 41.0 Å². The fourth-order valence-electron chi connectivity index (χ4n) is 3.92. The number of carbonyl (C=O) groups is 3. The smallest absolute Gasteiger partial charge is 0.417 e. The molecule has 1 heterocycles. The number of alkyl halides is 3. The van der Waals surface area contributed by atoms with E-state index in [0.717, 1.165) is 12.1 Å². The Hall–Kier alpha value is -4.45. The number of halogens is 5. The third-order valence-electron chi connectivity index (χ3n) is 5.80. The number of hydrogen-bond donors (Lipinski definition) is 4. The minimum Gasteiger partial charge on any atom is -0.478 e. The molecule has 0 saturated carbocycles. The number of carbonyl (C=O) groups excluding carboxylic acids is 2. The highest BCUT2D eigenvalue weighted by atomic mass is 35.5. The molecule has 8 nitrogen and oxygen atoms in total. The zero-order valence-electron chi connectivity index (χ0n) is 21.0. The van der Waals surface area contributed by atoms with Gasteiger partial charge in [-0.05, 0) is 42.8 Å². The van der Waals surface area contributed by atoms with Crippen LogP contribution in [0, 0.1) is 11.2 Å². The Balaban J connectivity index is 2.18. The van der Waals surface area contributed by atoms with Crippen LogP contribution in [0.5, 0.6) is 0 Å². The van der Waals surface area contributed by atoms with Gasteiger partial charge in [-0.2, -0.15) is 13.2 Å². The molecule has 0 atom stereocenters. The van der Waals surface area contributed by atoms with Crippen LogP contribution in [0.25, 0.3) is 0 Å². The molecule has 0 radical (unpaired) electrons. The van der Waals surface area contributed by atoms with Gasteiger partial charge in [-0.1, -0.05) is 37.3 Å². The Labute approximate surface area is 231 Å². The predicted molar refractivity (Wildman–Crippen MR) is 143 cm³/mol. The molecule has 0 aromatic heterocycles. The SMILES string of the molecule is C=C/C(=C(C(=O)Nc1cc(N2CCNC2=O)ccc1C(=N)c1ccc(C(=O)O)cc1F)\C(Cl)=C/CC)C(F)(F)F. The average molecular weight is 579 g/mol. The standard InChI is InChI=1S/C27H23ClF4N4O4/c1-3-5-19(28)22(18(4-2)27(30,31)32)24(37)35-21-13-15(36-11-10-34-26(36)40)7-9-17(21)23(33)16-8-6-14(25(38)39)12-20(16)29/h4-9,12-13,33H,2-3,10-11H2,1H3,(H,34,40)(H,35,37)(H,38,39)/b19-5+,22-18-,33-23?. The van der Waals surface area contributed by atoms with Crippen LogP contribution in [0.3, 0.4) is 0 Å². The number of anilines is 2. The molecule has 2 aromatic rings. The second kappa shape index (κ2) is 12.2. The van der Waals surface area contributed by atoms with E-state index >= 15 is 0 Å². The summed E-state index contributed by atoms with van der Waals surface area (Å²) in [5.74, 6) is -3.73. The summed E-state index contributed by atoms with van der Waals surface area (Å²) in [6, 6.07) is 6.34. The van der Waals surface area contributed by atoms with E-state index < -0.39 is 51.8 Å². The van der Waals surface area contributed by atoms with Gasteiger partial charge >= 0.3 is 18.2 Å². The van der Waals surface area contributed by atoms with Crippen LogP contribution in [-0.2, 0) is 4.79 Å². The number of carboxylic acid groups (broad SMARTS) is 1. The maximum Gasteiger partial charge on any atom is 0.417 e. The summed E-state index contributed by atoms with van der Waals surface area (Å²) in [5.41, 5.74) is -3.65. The van der Waals surface area contributed by atoms with Gasteiger partial charge < -0.3 is 15.7 Å². The monoisotopic (exact) mass is 578 g/mol. The van der Waals surface area contributed by atoms with E-state index in [9.17, 15) is 31.9 Å². The van der Waals surface area contributed by atoms with Crippen LogP contribution in [0.2, 0.25) is 0 Å². The summed E-state index contributed by atoms with van der Waals surface area (Å²) in [4.78, 5) is 38.0. The van der Waals surface area contributed by atoms with Gasteiger partial charge in [-0.3, -0.25) is 15.1 Å². The predicted octanol–water partition coefficient (Wildman–Crippen LogP) is 5.99. The molecule has 3 rings (SSSR count). The largest absolute Gasteiger partial charge is 0.478 e. The van der Waals surface area contributed by atoms with Crippen molar-refractivity contribution >= 4 is 46.6 Å². The first-order valence-electron chi connectivity index (χ1n) is 11.7. The molecule has 3 amide bonds. The third kappa shape index (κ3) is 6.40. The number of urea groups is 1. The summed E-state index contributed by atoms with van der Waals surface area (Å²) < 4.78 is 56.1. The Morgan fingerprint density at radius 3 is 2.42 bits per heavy atom. The van der Waals surface area contributed by atoms with Crippen LogP contribution in [0.15, 0.2) is 71.3 Å². The third-order valence-corrected chi connectivity index (χ3v) is 6.15. The minimum atomic E-state index is -4.99. The molecule has 40 heavy (non-hydrogen) atoms. The highest BCUT2D eigenvalue weighted by Crippen LogP contribution is 2.35. The number of rotatable bonds is 9. The molecule has 1 saturated heterocycles. The lowest BCUT2D eigenvalue weighted by Gasteiger charge is -2.20. The van der Waals surface area contributed by atoms with E-state index in [1.54, 1.807) is 6.92 Å². The van der Waals surface area contributed by atoms with Gasteiger partial charge in [-0.25, -0.2) is 14.0 Å². The van der Waals surface area contributed by atoms with Crippen molar-refractivity contribution in [2.45, 2.75) is 19.5 Å². The molecule has 13 heteroatoms. The Morgan fingerprint density at radius 2 is 1.90 bits per heavy atom. The van der Waals surface area contributed by atoms with Crippen LogP contribution in [0.1, 0.15) is 34.8 Å². The molecule has 1 fully saturated rings. The summed E-state index contributed by atoms with van der Waals surface area (Å²) in [7, 11) is 0. The quantitative estimate of drug-likeness (QED) is 0.126. The average Bonchev–Trinajstić information content (AvgIpc) is 3.31. The van der Waals surface area contributed by atoms with E-state index in [1.165, 1.54) is 29.2 Å². The van der Waals surface area contributed by atoms with Gasteiger partial charge in [0.05, 0.1) is 28.1 Å². The van der Waals surface area contributed by atoms with E-state index in [2.05, 4.69) is 17.2 Å². The molecule has 0 unspecified atom stereocenters. The van der Waals surface area contributed by atoms with Gasteiger partial charge in [-0.15, -0.1) is 0 Å². The van der Waals surface area contributed by atoms with Gasteiger partial charge in [0, 0.05) is 34.9 Å². The second-order valence-electron chi connectivity index (χ2n) is 8.39. The first-order valence-corrected chi connectivity index (χ1v) is 12.1. The van der Waals surface area contributed by atoms with E-state index in [4.69, 9.17) is 22.1 Å². The zero-order valence-corrected chi connectivity index (χ0v) is 21.7. The normalized spacial score (nSPS) is 14.4. The highest BCUT2D eigenvalue weighted by molar-refractivity contribution is 6.36. The van der Waals surface area contributed by atoms with Crippen molar-refractivity contribution in [3.63, 3.8) is 0 Å². The number of aromatic carboxylic acids is 1. The Kier molecular flexibility index (Phi) is 9.15. The number of amides is 3. The number of hydrogen-bond acceptors (Lipinski definition) is 4. The molecule has 0 aliphatic carbocycles. The minimum absolute atomic E-state index is 0.124. The van der Waals surface area contributed by atoms with Crippen molar-refractivity contribution in [3.05, 3.63) is 93.8 Å². The van der Waals surface area contributed by atoms with Crippen molar-refractivity contribution < 1.29 is 37.1 Å². The molecule has 0 spiro atoms. The molecule has 210 valence electrons. The molecule has 1 aliphatic rings. The molecular formula is C27H23ClF4N4O4. The van der Waals surface area contributed by atoms with Crippen LogP contribution < -0.4 is 15.5 Å². The van der Waals surface area contributed by atoms with Gasteiger partial charge in [0.25, 0.3) is 5.91 Å².